The zero-order valence-electron chi connectivity index (χ0n) is 15.9. The maximum atomic E-state index is 13.2. The van der Waals surface area contributed by atoms with Crippen LogP contribution in [0.25, 0.3) is 5.69 Å². The predicted octanol–water partition coefficient (Wildman–Crippen LogP) is 4.64. The molecule has 0 unspecified atom stereocenters. The second kappa shape index (κ2) is 8.85. The van der Waals surface area contributed by atoms with Gasteiger partial charge in [-0.1, -0.05) is 43.1 Å². The third-order valence-electron chi connectivity index (χ3n) is 4.43. The summed E-state index contributed by atoms with van der Waals surface area (Å²) in [6, 6.07) is 17.9. The van der Waals surface area contributed by atoms with Crippen molar-refractivity contribution in [3.05, 3.63) is 87.3 Å². The Labute approximate surface area is 169 Å². The molecule has 144 valence electrons. The molecule has 0 aliphatic carbocycles. The van der Waals surface area contributed by atoms with Gasteiger partial charge in [-0.05, 0) is 49.7 Å². The highest BCUT2D eigenvalue weighted by Crippen LogP contribution is 2.18. The van der Waals surface area contributed by atoms with Gasteiger partial charge in [0.25, 0.3) is 5.91 Å². The topological polar surface area (TPSA) is 55.2 Å². The molecule has 1 aromatic heterocycles. The van der Waals surface area contributed by atoms with Crippen molar-refractivity contribution < 1.29 is 4.79 Å². The first-order valence-electron chi connectivity index (χ1n) is 9.25. The van der Waals surface area contributed by atoms with Gasteiger partial charge in [-0.3, -0.25) is 9.59 Å². The molecule has 0 spiro atoms. The van der Waals surface area contributed by atoms with E-state index in [4.69, 9.17) is 11.6 Å². The van der Waals surface area contributed by atoms with Crippen molar-refractivity contribution in [2.75, 3.05) is 11.4 Å². The van der Waals surface area contributed by atoms with Crippen LogP contribution in [0.3, 0.4) is 0 Å². The minimum absolute atomic E-state index is 0.0968. The van der Waals surface area contributed by atoms with Gasteiger partial charge in [0.15, 0.2) is 5.69 Å². The van der Waals surface area contributed by atoms with Crippen LogP contribution in [0, 0.1) is 6.92 Å². The van der Waals surface area contributed by atoms with Crippen molar-refractivity contribution in [3.63, 3.8) is 0 Å². The quantitative estimate of drug-likeness (QED) is 0.610. The Kier molecular flexibility index (Phi) is 6.26. The SMILES string of the molecule is CCCCN(C(=O)c1nn(-c2ccc(Cl)cc2)c(C)cc1=O)c1ccccc1. The van der Waals surface area contributed by atoms with Gasteiger partial charge in [0.2, 0.25) is 5.43 Å². The highest BCUT2D eigenvalue weighted by atomic mass is 35.5. The summed E-state index contributed by atoms with van der Waals surface area (Å²) in [7, 11) is 0. The zero-order chi connectivity index (χ0) is 20.1. The zero-order valence-corrected chi connectivity index (χ0v) is 16.7. The number of anilines is 1. The van der Waals surface area contributed by atoms with Gasteiger partial charge >= 0.3 is 0 Å². The first-order valence-corrected chi connectivity index (χ1v) is 9.63. The number of hydrogen-bond acceptors (Lipinski definition) is 3. The molecule has 6 heteroatoms. The Morgan fingerprint density at radius 1 is 1.11 bits per heavy atom. The number of aryl methyl sites for hydroxylation is 1. The van der Waals surface area contributed by atoms with Gasteiger partial charge in [0.05, 0.1) is 5.69 Å². The predicted molar refractivity (Wildman–Crippen MR) is 113 cm³/mol. The Hall–Kier alpha value is -2.92. The van der Waals surface area contributed by atoms with Crippen molar-refractivity contribution >= 4 is 23.2 Å². The van der Waals surface area contributed by atoms with E-state index >= 15 is 0 Å². The maximum Gasteiger partial charge on any atom is 0.282 e. The van der Waals surface area contributed by atoms with E-state index in [-0.39, 0.29) is 11.1 Å². The summed E-state index contributed by atoms with van der Waals surface area (Å²) in [6.45, 7) is 4.36. The molecule has 0 bridgehead atoms. The molecule has 0 radical (unpaired) electrons. The van der Waals surface area contributed by atoms with Crippen LogP contribution in [0.1, 0.15) is 35.9 Å². The summed E-state index contributed by atoms with van der Waals surface area (Å²) in [6.07, 6.45) is 1.77. The Morgan fingerprint density at radius 2 is 1.79 bits per heavy atom. The second-order valence-corrected chi connectivity index (χ2v) is 6.97. The van der Waals surface area contributed by atoms with Crippen LogP contribution in [0.2, 0.25) is 5.02 Å². The van der Waals surface area contributed by atoms with E-state index in [0.717, 1.165) is 24.2 Å². The Balaban J connectivity index is 2.05. The van der Waals surface area contributed by atoms with Crippen LogP contribution in [0.5, 0.6) is 0 Å². The summed E-state index contributed by atoms with van der Waals surface area (Å²) in [5.41, 5.74) is 1.64. The highest BCUT2D eigenvalue weighted by Gasteiger charge is 2.22. The molecule has 2 aromatic carbocycles. The molecule has 28 heavy (non-hydrogen) atoms. The summed E-state index contributed by atoms with van der Waals surface area (Å²) in [5, 5.41) is 5.00. The molecular formula is C22H22ClN3O2. The first-order chi connectivity index (χ1) is 13.5. The minimum Gasteiger partial charge on any atom is -0.307 e. The molecule has 3 rings (SSSR count). The normalized spacial score (nSPS) is 10.7. The van der Waals surface area contributed by atoms with E-state index in [0.29, 0.717) is 17.3 Å². The van der Waals surface area contributed by atoms with Gasteiger partial charge in [-0.15, -0.1) is 0 Å². The molecule has 0 aliphatic heterocycles. The summed E-state index contributed by atoms with van der Waals surface area (Å²) < 4.78 is 1.59. The van der Waals surface area contributed by atoms with Gasteiger partial charge in [-0.2, -0.15) is 5.10 Å². The van der Waals surface area contributed by atoms with Gasteiger partial charge < -0.3 is 4.90 Å². The lowest BCUT2D eigenvalue weighted by Crippen LogP contribution is -2.37. The molecule has 0 saturated carbocycles. The number of carbonyl (C=O) groups is 1. The molecule has 0 saturated heterocycles. The molecule has 0 atom stereocenters. The maximum absolute atomic E-state index is 13.2. The number of unbranched alkanes of at least 4 members (excludes halogenated alkanes) is 1. The smallest absolute Gasteiger partial charge is 0.282 e. The molecule has 1 heterocycles. The number of halogens is 1. The number of hydrogen-bond donors (Lipinski definition) is 0. The number of aromatic nitrogens is 2. The molecule has 1 amide bonds. The molecule has 3 aromatic rings. The fourth-order valence-corrected chi connectivity index (χ4v) is 3.07. The van der Waals surface area contributed by atoms with Gasteiger partial charge in [-0.25, -0.2) is 4.68 Å². The average molecular weight is 396 g/mol. The summed E-state index contributed by atoms with van der Waals surface area (Å²) >= 11 is 5.96. The lowest BCUT2D eigenvalue weighted by molar-refractivity contribution is 0.0979. The third kappa shape index (κ3) is 4.31. The molecular weight excluding hydrogens is 374 g/mol. The second-order valence-electron chi connectivity index (χ2n) is 6.53. The van der Waals surface area contributed by atoms with Crippen molar-refractivity contribution in [2.24, 2.45) is 0 Å². The highest BCUT2D eigenvalue weighted by molar-refractivity contribution is 6.30. The number of rotatable bonds is 6. The number of nitrogens with zero attached hydrogens (tertiary/aromatic N) is 3. The lowest BCUT2D eigenvalue weighted by Gasteiger charge is -2.22. The van der Waals surface area contributed by atoms with E-state index in [1.165, 1.54) is 6.07 Å². The van der Waals surface area contributed by atoms with E-state index in [1.807, 2.05) is 30.3 Å². The fraction of sp³-hybridized carbons (Fsp3) is 0.227. The van der Waals surface area contributed by atoms with Crippen LogP contribution in [-0.4, -0.2) is 22.2 Å². The fourth-order valence-electron chi connectivity index (χ4n) is 2.94. The molecule has 0 fully saturated rings. The first kappa shape index (κ1) is 19.8. The van der Waals surface area contributed by atoms with Crippen LogP contribution < -0.4 is 10.3 Å². The largest absolute Gasteiger partial charge is 0.307 e. The van der Waals surface area contributed by atoms with E-state index in [9.17, 15) is 9.59 Å². The van der Waals surface area contributed by atoms with E-state index in [2.05, 4.69) is 12.0 Å². The number of amides is 1. The minimum atomic E-state index is -0.396. The van der Waals surface area contributed by atoms with Crippen LogP contribution in [-0.2, 0) is 0 Å². The third-order valence-corrected chi connectivity index (χ3v) is 4.68. The lowest BCUT2D eigenvalue weighted by atomic mass is 10.2. The monoisotopic (exact) mass is 395 g/mol. The van der Waals surface area contributed by atoms with Gasteiger partial charge in [0.1, 0.15) is 0 Å². The number of benzene rings is 2. The van der Waals surface area contributed by atoms with Crippen LogP contribution in [0.15, 0.2) is 65.5 Å². The molecule has 5 nitrogen and oxygen atoms in total. The van der Waals surface area contributed by atoms with Crippen molar-refractivity contribution in [1.29, 1.82) is 0 Å². The standard InChI is InChI=1S/C22H22ClN3O2/c1-3-4-14-25(18-8-6-5-7-9-18)22(28)21-20(27)15-16(2)26(24-21)19-12-10-17(23)11-13-19/h5-13,15H,3-4,14H2,1-2H3. The number of carbonyl (C=O) groups excluding carboxylic acids is 1. The van der Waals surface area contributed by atoms with Crippen molar-refractivity contribution in [3.8, 4) is 5.69 Å². The van der Waals surface area contributed by atoms with E-state index in [1.54, 1.807) is 40.8 Å². The average Bonchev–Trinajstić information content (AvgIpc) is 2.70. The summed E-state index contributed by atoms with van der Waals surface area (Å²) in [4.78, 5) is 27.5. The van der Waals surface area contributed by atoms with Gasteiger partial charge in [0, 0.05) is 29.0 Å². The molecule has 0 aliphatic rings. The van der Waals surface area contributed by atoms with E-state index < -0.39 is 5.91 Å². The Morgan fingerprint density at radius 3 is 2.43 bits per heavy atom. The number of para-hydroxylation sites is 1. The van der Waals surface area contributed by atoms with Crippen molar-refractivity contribution in [2.45, 2.75) is 26.7 Å². The Bertz CT molecular complexity index is 1010. The van der Waals surface area contributed by atoms with Crippen LogP contribution >= 0.6 is 11.6 Å². The van der Waals surface area contributed by atoms with Crippen molar-refractivity contribution in [1.82, 2.24) is 9.78 Å². The molecule has 0 N–H and O–H groups in total. The summed E-state index contributed by atoms with van der Waals surface area (Å²) in [5.74, 6) is -0.396. The van der Waals surface area contributed by atoms with Crippen LogP contribution in [0.4, 0.5) is 5.69 Å².